The second-order valence-electron chi connectivity index (χ2n) is 10.3. The van der Waals surface area contributed by atoms with E-state index in [1.54, 1.807) is 0 Å². The maximum atomic E-state index is 14.6. The molecule has 4 heterocycles. The zero-order valence-corrected chi connectivity index (χ0v) is 21.9. The van der Waals surface area contributed by atoms with E-state index in [4.69, 9.17) is 20.0 Å². The molecule has 4 atom stereocenters. The maximum absolute atomic E-state index is 14.6. The molecule has 5 rings (SSSR count). The Bertz CT molecular complexity index is 1400. The number of aromatic hydroxyl groups is 1. The van der Waals surface area contributed by atoms with Crippen molar-refractivity contribution in [3.63, 3.8) is 0 Å². The van der Waals surface area contributed by atoms with Crippen LogP contribution in [-0.2, 0) is 20.9 Å². The zero-order valence-electron chi connectivity index (χ0n) is 21.9. The number of fused-ring (bicyclic) bond motifs is 5. The third-order valence-corrected chi connectivity index (χ3v) is 7.93. The smallest absolute Gasteiger partial charge is 0.274 e. The summed E-state index contributed by atoms with van der Waals surface area (Å²) in [6.07, 6.45) is 1.24. The molecule has 1 aromatic carbocycles. The number of carbonyl (C=O) groups is 2. The zero-order chi connectivity index (χ0) is 28.9. The first-order valence-corrected chi connectivity index (χ1v) is 12.8. The van der Waals surface area contributed by atoms with Gasteiger partial charge in [0.1, 0.15) is 34.8 Å². The van der Waals surface area contributed by atoms with Gasteiger partial charge in [-0.15, -0.1) is 0 Å². The van der Waals surface area contributed by atoms with E-state index in [2.05, 4.69) is 0 Å². The molecule has 1 spiro atoms. The quantitative estimate of drug-likeness (QED) is 0.485. The van der Waals surface area contributed by atoms with Crippen LogP contribution in [0.1, 0.15) is 58.6 Å². The summed E-state index contributed by atoms with van der Waals surface area (Å²) < 4.78 is 55.2. The molecule has 3 N–H and O–H groups in total. The number of ether oxygens (including phenoxy) is 2. The fourth-order valence-electron chi connectivity index (χ4n) is 5.82. The van der Waals surface area contributed by atoms with Crippen molar-refractivity contribution in [3.8, 4) is 5.75 Å². The minimum Gasteiger partial charge on any atom is -0.503 e. The molecule has 2 bridgehead atoms. The molecule has 1 unspecified atom stereocenters. The Balaban J connectivity index is 1.61. The largest absolute Gasteiger partial charge is 0.503 e. The molecule has 2 amide bonds. The summed E-state index contributed by atoms with van der Waals surface area (Å²) in [5.74, 6) is -5.84. The van der Waals surface area contributed by atoms with E-state index in [9.17, 15) is 32.7 Å². The fourth-order valence-corrected chi connectivity index (χ4v) is 5.82. The highest BCUT2D eigenvalue weighted by Gasteiger charge is 2.57. The number of hydroxylamine groups is 2. The highest BCUT2D eigenvalue weighted by atomic mass is 19.1. The van der Waals surface area contributed by atoms with Crippen LogP contribution < -0.4 is 11.2 Å². The van der Waals surface area contributed by atoms with Crippen molar-refractivity contribution in [1.29, 1.82) is 0 Å². The summed E-state index contributed by atoms with van der Waals surface area (Å²) in [5, 5.41) is 12.0. The predicted molar refractivity (Wildman–Crippen MR) is 132 cm³/mol. The number of hydrogen-bond donors (Lipinski definition) is 2. The van der Waals surface area contributed by atoms with Crippen molar-refractivity contribution >= 4 is 11.8 Å². The van der Waals surface area contributed by atoms with Crippen LogP contribution in [0.2, 0.25) is 0 Å². The number of aromatic nitrogens is 1. The maximum Gasteiger partial charge on any atom is 0.274 e. The number of nitrogens with two attached hydrogens (primary N) is 1. The van der Waals surface area contributed by atoms with E-state index in [0.717, 1.165) is 6.20 Å². The number of rotatable bonds is 7. The van der Waals surface area contributed by atoms with Crippen LogP contribution >= 0.6 is 0 Å². The number of pyridine rings is 1. The molecule has 0 radical (unpaired) electrons. The van der Waals surface area contributed by atoms with Crippen molar-refractivity contribution < 1.29 is 42.2 Å². The molecular weight excluding hydrogens is 537 g/mol. The molecule has 3 aliphatic rings. The molecule has 11 nitrogen and oxygen atoms in total. The van der Waals surface area contributed by atoms with Crippen molar-refractivity contribution in [1.82, 2.24) is 14.5 Å². The molecule has 2 fully saturated rings. The van der Waals surface area contributed by atoms with Crippen molar-refractivity contribution in [2.24, 2.45) is 5.73 Å². The number of benzene rings is 1. The van der Waals surface area contributed by atoms with Crippen LogP contribution in [0.25, 0.3) is 0 Å². The lowest BCUT2D eigenvalue weighted by Gasteiger charge is -2.42. The Morgan fingerprint density at radius 2 is 1.93 bits per heavy atom. The first-order valence-electron chi connectivity index (χ1n) is 12.8. The van der Waals surface area contributed by atoms with E-state index in [0.29, 0.717) is 25.0 Å². The van der Waals surface area contributed by atoms with Crippen LogP contribution in [0.5, 0.6) is 5.75 Å². The Morgan fingerprint density at radius 1 is 1.23 bits per heavy atom. The Morgan fingerprint density at radius 3 is 2.58 bits per heavy atom. The molecule has 216 valence electrons. The van der Waals surface area contributed by atoms with Gasteiger partial charge in [-0.25, -0.2) is 13.2 Å². The van der Waals surface area contributed by atoms with Gasteiger partial charge in [0.25, 0.3) is 11.8 Å². The second kappa shape index (κ2) is 10.5. The van der Waals surface area contributed by atoms with E-state index in [-0.39, 0.29) is 37.9 Å². The summed E-state index contributed by atoms with van der Waals surface area (Å²) in [7, 11) is 1.48. The first-order chi connectivity index (χ1) is 19.0. The summed E-state index contributed by atoms with van der Waals surface area (Å²) in [6.45, 7) is 1.81. The number of amides is 2. The highest BCUT2D eigenvalue weighted by molar-refractivity contribution is 5.99. The normalized spacial score (nSPS) is 26.3. The standard InChI is InChI=1S/C26H29F3N4O7/c1-13-3-4-26(19-12-31(13)25(37)21-23(35)22(34)16(24(30)36)10-32(19)21)9-20(39-6-5-38-2)33(40-26)11-15-17(28)7-14(27)8-18(15)29/h7-8,10,13,19-20,35H,3-6,9,11-12H2,1-2H3,(H2,30,36)/t13-,19+,20?,26-/m0/s1. The van der Waals surface area contributed by atoms with Gasteiger partial charge in [0, 0.05) is 50.0 Å². The molecule has 2 aromatic rings. The van der Waals surface area contributed by atoms with Crippen LogP contribution in [0.15, 0.2) is 23.1 Å². The summed E-state index contributed by atoms with van der Waals surface area (Å²) in [6, 6.07) is 0.0788. The summed E-state index contributed by atoms with van der Waals surface area (Å²) in [4.78, 5) is 46.0. The lowest BCUT2D eigenvalue weighted by Crippen LogP contribution is -2.52. The van der Waals surface area contributed by atoms with E-state index in [1.165, 1.54) is 21.6 Å². The van der Waals surface area contributed by atoms with Gasteiger partial charge in [-0.2, -0.15) is 5.06 Å². The van der Waals surface area contributed by atoms with Crippen molar-refractivity contribution in [2.45, 2.75) is 56.6 Å². The van der Waals surface area contributed by atoms with Gasteiger partial charge < -0.3 is 29.8 Å². The van der Waals surface area contributed by atoms with Crippen molar-refractivity contribution in [3.05, 3.63) is 62.8 Å². The molecule has 14 heteroatoms. The van der Waals surface area contributed by atoms with Gasteiger partial charge in [0.2, 0.25) is 5.43 Å². The summed E-state index contributed by atoms with van der Waals surface area (Å²) in [5.41, 5.74) is 1.91. The number of carbonyl (C=O) groups excluding carboxylic acids is 2. The van der Waals surface area contributed by atoms with Gasteiger partial charge in [-0.3, -0.25) is 19.2 Å². The predicted octanol–water partition coefficient (Wildman–Crippen LogP) is 1.81. The molecular formula is C26H29F3N4O7. The Kier molecular flexibility index (Phi) is 7.37. The SMILES string of the molecule is COCCOC1C[C@]2(CC[C@H](C)N3C[C@H]2n2cc(C(N)=O)c(=O)c(O)c2C3=O)ON1Cc1c(F)cc(F)cc1F. The number of halogens is 3. The monoisotopic (exact) mass is 566 g/mol. The van der Waals surface area contributed by atoms with Gasteiger partial charge >= 0.3 is 0 Å². The number of methoxy groups -OCH3 is 1. The molecule has 0 saturated carbocycles. The van der Waals surface area contributed by atoms with Gasteiger partial charge in [-0.1, -0.05) is 0 Å². The van der Waals surface area contributed by atoms with E-state index < -0.39 is 76.0 Å². The molecule has 2 saturated heterocycles. The number of nitrogens with zero attached hydrogens (tertiary/aromatic N) is 3. The van der Waals surface area contributed by atoms with Gasteiger partial charge in [-0.05, 0) is 19.8 Å². The van der Waals surface area contributed by atoms with Crippen LogP contribution in [0, 0.1) is 17.5 Å². The Hall–Kier alpha value is -3.46. The van der Waals surface area contributed by atoms with Crippen LogP contribution in [0.4, 0.5) is 13.2 Å². The minimum absolute atomic E-state index is 0.0887. The third-order valence-electron chi connectivity index (χ3n) is 7.93. The van der Waals surface area contributed by atoms with Crippen LogP contribution in [0.3, 0.4) is 0 Å². The second-order valence-corrected chi connectivity index (χ2v) is 10.3. The first kappa shape index (κ1) is 28.1. The van der Waals surface area contributed by atoms with E-state index in [1.807, 2.05) is 6.92 Å². The summed E-state index contributed by atoms with van der Waals surface area (Å²) >= 11 is 0. The van der Waals surface area contributed by atoms with Crippen molar-refractivity contribution in [2.75, 3.05) is 26.9 Å². The molecule has 40 heavy (non-hydrogen) atoms. The highest BCUT2D eigenvalue weighted by Crippen LogP contribution is 2.49. The molecule has 1 aromatic heterocycles. The average Bonchev–Trinajstić information content (AvgIpc) is 3.18. The molecule has 3 aliphatic heterocycles. The topological polar surface area (TPSA) is 137 Å². The lowest BCUT2D eigenvalue weighted by molar-refractivity contribution is -0.257. The lowest BCUT2D eigenvalue weighted by atomic mass is 9.85. The van der Waals surface area contributed by atoms with Crippen LogP contribution in [-0.4, -0.2) is 76.2 Å². The minimum atomic E-state index is -1.17. The van der Waals surface area contributed by atoms with Gasteiger partial charge in [0.15, 0.2) is 11.4 Å². The average molecular weight is 567 g/mol. The number of primary amides is 1. The Labute approximate surface area is 226 Å². The van der Waals surface area contributed by atoms with E-state index >= 15 is 0 Å². The molecule has 0 aliphatic carbocycles. The fraction of sp³-hybridized carbons (Fsp3) is 0.500. The third kappa shape index (κ3) is 4.64. The number of hydrogen-bond acceptors (Lipinski definition) is 8. The van der Waals surface area contributed by atoms with Gasteiger partial charge in [0.05, 0.1) is 25.8 Å².